The maximum absolute atomic E-state index is 9.80. The minimum atomic E-state index is 0.0470. The van der Waals surface area contributed by atoms with E-state index in [1.165, 1.54) is 0 Å². The zero-order chi connectivity index (χ0) is 18.1. The van der Waals surface area contributed by atoms with Gasteiger partial charge in [-0.1, -0.05) is 47.5 Å². The summed E-state index contributed by atoms with van der Waals surface area (Å²) < 4.78 is 0. The van der Waals surface area contributed by atoms with Crippen LogP contribution >= 0.6 is 23.2 Å². The van der Waals surface area contributed by atoms with Crippen LogP contribution in [0.4, 0.5) is 5.69 Å². The molecule has 1 heterocycles. The molecule has 0 amide bonds. The van der Waals surface area contributed by atoms with Crippen molar-refractivity contribution in [2.24, 2.45) is 5.10 Å². The van der Waals surface area contributed by atoms with Crippen LogP contribution in [-0.2, 0) is 0 Å². The van der Waals surface area contributed by atoms with E-state index in [0.717, 1.165) is 28.9 Å². The Morgan fingerprint density at radius 1 is 0.885 bits per heavy atom. The number of nitrogens with zero attached hydrogens (tertiary/aromatic N) is 2. The molecule has 0 aliphatic carbocycles. The van der Waals surface area contributed by atoms with Crippen LogP contribution in [-0.4, -0.2) is 10.8 Å². The summed E-state index contributed by atoms with van der Waals surface area (Å²) in [7, 11) is 0. The lowest BCUT2D eigenvalue weighted by Gasteiger charge is -2.24. The lowest BCUT2D eigenvalue weighted by molar-refractivity contribution is 0.475. The summed E-state index contributed by atoms with van der Waals surface area (Å²) in [5.41, 5.74) is 3.93. The van der Waals surface area contributed by atoms with Gasteiger partial charge in [0.15, 0.2) is 0 Å². The number of halogens is 2. The van der Waals surface area contributed by atoms with Gasteiger partial charge in [-0.05, 0) is 54.1 Å². The SMILES string of the molecule is Oc1cccc(C2=NN(c3ccc(Cl)cc3)C(c3ccc(Cl)cc3)C2)c1. The van der Waals surface area contributed by atoms with Gasteiger partial charge < -0.3 is 5.11 Å². The van der Waals surface area contributed by atoms with Crippen molar-refractivity contribution in [2.45, 2.75) is 12.5 Å². The first-order valence-electron chi connectivity index (χ1n) is 8.27. The molecule has 4 rings (SSSR count). The van der Waals surface area contributed by atoms with Crippen molar-refractivity contribution in [3.8, 4) is 5.75 Å². The monoisotopic (exact) mass is 382 g/mol. The van der Waals surface area contributed by atoms with E-state index in [2.05, 4.69) is 0 Å². The average Bonchev–Trinajstić information content (AvgIpc) is 3.08. The predicted octanol–water partition coefficient (Wildman–Crippen LogP) is 6.05. The molecule has 1 aliphatic heterocycles. The van der Waals surface area contributed by atoms with E-state index >= 15 is 0 Å². The summed E-state index contributed by atoms with van der Waals surface area (Å²) in [6, 6.07) is 22.7. The first kappa shape index (κ1) is 17.0. The quantitative estimate of drug-likeness (QED) is 0.597. The Kier molecular flexibility index (Phi) is 4.58. The molecule has 3 aromatic rings. The number of hydrazone groups is 1. The van der Waals surface area contributed by atoms with Crippen molar-refractivity contribution in [2.75, 3.05) is 5.01 Å². The Balaban J connectivity index is 1.75. The third-order valence-corrected chi connectivity index (χ3v) is 4.94. The smallest absolute Gasteiger partial charge is 0.116 e. The second-order valence-electron chi connectivity index (χ2n) is 6.19. The van der Waals surface area contributed by atoms with Gasteiger partial charge in [-0.15, -0.1) is 0 Å². The van der Waals surface area contributed by atoms with Crippen LogP contribution < -0.4 is 5.01 Å². The van der Waals surface area contributed by atoms with Crippen molar-refractivity contribution in [3.63, 3.8) is 0 Å². The molecule has 0 aromatic heterocycles. The summed E-state index contributed by atoms with van der Waals surface area (Å²) >= 11 is 12.1. The van der Waals surface area contributed by atoms with Gasteiger partial charge in [0.05, 0.1) is 17.4 Å². The summed E-state index contributed by atoms with van der Waals surface area (Å²) in [6.07, 6.45) is 0.730. The van der Waals surface area contributed by atoms with E-state index in [9.17, 15) is 5.11 Å². The van der Waals surface area contributed by atoms with Crippen molar-refractivity contribution < 1.29 is 5.11 Å². The van der Waals surface area contributed by atoms with Gasteiger partial charge in [0.25, 0.3) is 0 Å². The third-order valence-electron chi connectivity index (χ3n) is 4.44. The third kappa shape index (κ3) is 3.41. The van der Waals surface area contributed by atoms with Crippen LogP contribution in [0.15, 0.2) is 77.9 Å². The number of benzene rings is 3. The zero-order valence-corrected chi connectivity index (χ0v) is 15.3. The van der Waals surface area contributed by atoms with Gasteiger partial charge in [-0.25, -0.2) is 0 Å². The number of aromatic hydroxyl groups is 1. The molecule has 0 fully saturated rings. The van der Waals surface area contributed by atoms with Crippen molar-refractivity contribution in [1.29, 1.82) is 0 Å². The largest absolute Gasteiger partial charge is 0.508 e. The van der Waals surface area contributed by atoms with Gasteiger partial charge in [0.2, 0.25) is 0 Å². The molecule has 1 atom stereocenters. The van der Waals surface area contributed by atoms with E-state index in [0.29, 0.717) is 10.0 Å². The second kappa shape index (κ2) is 7.02. The van der Waals surface area contributed by atoms with Gasteiger partial charge >= 0.3 is 0 Å². The fraction of sp³-hybridized carbons (Fsp3) is 0.0952. The molecule has 1 aliphatic rings. The molecule has 1 N–H and O–H groups in total. The molecule has 0 bridgehead atoms. The fourth-order valence-corrected chi connectivity index (χ4v) is 3.40. The average molecular weight is 383 g/mol. The van der Waals surface area contributed by atoms with Crippen molar-refractivity contribution in [3.05, 3.63) is 94.0 Å². The first-order chi connectivity index (χ1) is 12.6. The van der Waals surface area contributed by atoms with Crippen LogP contribution in [0, 0.1) is 0 Å². The Bertz CT molecular complexity index is 953. The van der Waals surface area contributed by atoms with E-state index in [1.807, 2.05) is 65.7 Å². The van der Waals surface area contributed by atoms with Crippen molar-refractivity contribution in [1.82, 2.24) is 0 Å². The number of anilines is 1. The van der Waals surface area contributed by atoms with Gasteiger partial charge in [0, 0.05) is 22.0 Å². The minimum Gasteiger partial charge on any atom is -0.508 e. The highest BCUT2D eigenvalue weighted by atomic mass is 35.5. The highest BCUT2D eigenvalue weighted by Crippen LogP contribution is 2.37. The van der Waals surface area contributed by atoms with Gasteiger partial charge in [-0.2, -0.15) is 5.10 Å². The lowest BCUT2D eigenvalue weighted by atomic mass is 9.98. The van der Waals surface area contributed by atoms with Gasteiger partial charge in [-0.3, -0.25) is 5.01 Å². The molecular formula is C21H16Cl2N2O. The second-order valence-corrected chi connectivity index (χ2v) is 7.06. The normalized spacial score (nSPS) is 16.6. The maximum atomic E-state index is 9.80. The van der Waals surface area contributed by atoms with E-state index < -0.39 is 0 Å². The fourth-order valence-electron chi connectivity index (χ4n) is 3.15. The van der Waals surface area contributed by atoms with Crippen LogP contribution in [0.5, 0.6) is 5.75 Å². The molecule has 3 nitrogen and oxygen atoms in total. The highest BCUT2D eigenvalue weighted by Gasteiger charge is 2.30. The minimum absolute atomic E-state index is 0.0470. The van der Waals surface area contributed by atoms with E-state index in [4.69, 9.17) is 28.3 Å². The summed E-state index contributed by atoms with van der Waals surface area (Å²) in [6.45, 7) is 0. The van der Waals surface area contributed by atoms with E-state index in [1.54, 1.807) is 12.1 Å². The molecule has 0 spiro atoms. The molecule has 0 radical (unpaired) electrons. The van der Waals surface area contributed by atoms with E-state index in [-0.39, 0.29) is 11.8 Å². The molecule has 0 saturated carbocycles. The number of phenols is 1. The topological polar surface area (TPSA) is 35.8 Å². The summed E-state index contributed by atoms with van der Waals surface area (Å²) in [5.74, 6) is 0.234. The molecule has 5 heteroatoms. The Hall–Kier alpha value is -2.49. The Labute approximate surface area is 162 Å². The number of phenolic OH excluding ortho intramolecular Hbond substituents is 1. The number of hydrogen-bond acceptors (Lipinski definition) is 3. The molecule has 26 heavy (non-hydrogen) atoms. The Morgan fingerprint density at radius 2 is 1.54 bits per heavy atom. The molecule has 1 unspecified atom stereocenters. The summed E-state index contributed by atoms with van der Waals surface area (Å²) in [5, 5.41) is 18.0. The van der Waals surface area contributed by atoms with Gasteiger partial charge in [0.1, 0.15) is 5.75 Å². The van der Waals surface area contributed by atoms with Crippen LogP contribution in [0.25, 0.3) is 0 Å². The van der Waals surface area contributed by atoms with Crippen LogP contribution in [0.2, 0.25) is 10.0 Å². The summed E-state index contributed by atoms with van der Waals surface area (Å²) in [4.78, 5) is 0. The predicted molar refractivity (Wildman–Crippen MR) is 107 cm³/mol. The zero-order valence-electron chi connectivity index (χ0n) is 13.8. The lowest BCUT2D eigenvalue weighted by Crippen LogP contribution is -2.18. The van der Waals surface area contributed by atoms with Crippen LogP contribution in [0.3, 0.4) is 0 Å². The molecule has 3 aromatic carbocycles. The standard InChI is InChI=1S/C21H16Cl2N2O/c22-16-6-4-14(5-7-16)21-13-20(15-2-1-3-19(26)12-15)24-25(21)18-10-8-17(23)9-11-18/h1-12,21,26H,13H2. The van der Waals surface area contributed by atoms with Crippen LogP contribution in [0.1, 0.15) is 23.6 Å². The maximum Gasteiger partial charge on any atom is 0.116 e. The first-order valence-corrected chi connectivity index (χ1v) is 9.03. The molecule has 0 saturated heterocycles. The molecule has 130 valence electrons. The highest BCUT2D eigenvalue weighted by molar-refractivity contribution is 6.30. The molecular weight excluding hydrogens is 367 g/mol. The number of hydrogen-bond donors (Lipinski definition) is 1. The van der Waals surface area contributed by atoms with Crippen molar-refractivity contribution >= 4 is 34.6 Å². The number of rotatable bonds is 3. The Morgan fingerprint density at radius 3 is 2.19 bits per heavy atom.